The van der Waals surface area contributed by atoms with E-state index in [0.717, 1.165) is 11.1 Å². The Morgan fingerprint density at radius 3 is 2.96 bits per heavy atom. The monoisotopic (exact) mass is 373 g/mol. The molecule has 0 radical (unpaired) electrons. The minimum absolute atomic E-state index is 0.0242. The Bertz CT molecular complexity index is 694. The Balaban J connectivity index is 2.33. The summed E-state index contributed by atoms with van der Waals surface area (Å²) >= 11 is 12.3. The first-order valence-corrected chi connectivity index (χ1v) is 8.18. The molecule has 1 aliphatic heterocycles. The fourth-order valence-electron chi connectivity index (χ4n) is 2.50. The third-order valence-corrected chi connectivity index (χ3v) is 4.49. The third-order valence-electron chi connectivity index (χ3n) is 3.69. The lowest BCUT2D eigenvalue weighted by atomic mass is 9.95. The number of benzene rings is 1. The Labute approximate surface area is 149 Å². The van der Waals surface area contributed by atoms with Gasteiger partial charge >= 0.3 is 0 Å². The summed E-state index contributed by atoms with van der Waals surface area (Å²) in [5.74, 6) is 5.08. The van der Waals surface area contributed by atoms with Crippen molar-refractivity contribution < 1.29 is 13.9 Å². The molecule has 1 atom stereocenters. The second-order valence-corrected chi connectivity index (χ2v) is 6.06. The van der Waals surface area contributed by atoms with Crippen LogP contribution in [0.3, 0.4) is 0 Å². The van der Waals surface area contributed by atoms with Crippen LogP contribution in [-0.4, -0.2) is 29.9 Å². The molecule has 2 N–H and O–H groups in total. The molecule has 0 saturated carbocycles. The molecule has 1 unspecified atom stereocenters. The van der Waals surface area contributed by atoms with Crippen LogP contribution in [0.2, 0.25) is 10.0 Å². The highest BCUT2D eigenvalue weighted by molar-refractivity contribution is 6.42. The molecule has 0 aromatic heterocycles. The lowest BCUT2D eigenvalue weighted by Crippen LogP contribution is -2.41. The van der Waals surface area contributed by atoms with Crippen LogP contribution in [0, 0.1) is 5.82 Å². The molecule has 24 heavy (non-hydrogen) atoms. The largest absolute Gasteiger partial charge is 0.486 e. The average molecular weight is 374 g/mol. The van der Waals surface area contributed by atoms with Gasteiger partial charge in [0.15, 0.2) is 11.6 Å². The summed E-state index contributed by atoms with van der Waals surface area (Å²) in [6, 6.07) is 1.11. The van der Waals surface area contributed by atoms with E-state index >= 15 is 0 Å². The SMILES string of the molecule is C=CCOc1c(F)cc(Cl)c(Cl)c1C1CN=C(N(N)C(=O)CC)C1. The van der Waals surface area contributed by atoms with E-state index in [0.29, 0.717) is 24.4 Å². The van der Waals surface area contributed by atoms with Gasteiger partial charge < -0.3 is 4.74 Å². The second-order valence-electron chi connectivity index (χ2n) is 5.27. The molecule has 1 aromatic carbocycles. The fraction of sp³-hybridized carbons (Fsp3) is 0.375. The Morgan fingerprint density at radius 2 is 2.33 bits per heavy atom. The van der Waals surface area contributed by atoms with Crippen LogP contribution < -0.4 is 10.6 Å². The zero-order valence-electron chi connectivity index (χ0n) is 13.2. The topological polar surface area (TPSA) is 67.9 Å². The highest BCUT2D eigenvalue weighted by atomic mass is 35.5. The molecule has 0 bridgehead atoms. The zero-order valence-corrected chi connectivity index (χ0v) is 14.7. The molecule has 8 heteroatoms. The van der Waals surface area contributed by atoms with Gasteiger partial charge in [-0.15, -0.1) is 0 Å². The first kappa shape index (κ1) is 18.7. The molecular weight excluding hydrogens is 356 g/mol. The number of nitrogens with zero attached hydrogens (tertiary/aromatic N) is 2. The van der Waals surface area contributed by atoms with E-state index < -0.39 is 5.82 Å². The van der Waals surface area contributed by atoms with Gasteiger partial charge in [0, 0.05) is 30.9 Å². The highest BCUT2D eigenvalue weighted by Crippen LogP contribution is 2.43. The normalized spacial score (nSPS) is 16.7. The fourth-order valence-corrected chi connectivity index (χ4v) is 2.99. The van der Waals surface area contributed by atoms with Crippen molar-refractivity contribution in [3.05, 3.63) is 40.1 Å². The Morgan fingerprint density at radius 1 is 1.62 bits per heavy atom. The zero-order chi connectivity index (χ0) is 17.9. The van der Waals surface area contributed by atoms with Gasteiger partial charge in [0.05, 0.1) is 10.0 Å². The maximum atomic E-state index is 14.3. The van der Waals surface area contributed by atoms with Crippen LogP contribution in [0.15, 0.2) is 23.7 Å². The van der Waals surface area contributed by atoms with Crippen molar-refractivity contribution in [1.82, 2.24) is 5.01 Å². The number of halogens is 3. The van der Waals surface area contributed by atoms with E-state index in [-0.39, 0.29) is 40.6 Å². The summed E-state index contributed by atoms with van der Waals surface area (Å²) in [7, 11) is 0. The van der Waals surface area contributed by atoms with Crippen molar-refractivity contribution >= 4 is 34.9 Å². The molecule has 1 amide bonds. The van der Waals surface area contributed by atoms with Crippen LogP contribution in [0.1, 0.15) is 31.2 Å². The molecule has 0 fully saturated rings. The summed E-state index contributed by atoms with van der Waals surface area (Å²) in [6.45, 7) is 5.69. The van der Waals surface area contributed by atoms with Gasteiger partial charge in [-0.05, 0) is 6.07 Å². The molecular formula is C16H18Cl2FN3O2. The van der Waals surface area contributed by atoms with Gasteiger partial charge in [0.1, 0.15) is 12.4 Å². The Hall–Kier alpha value is -1.63. The molecule has 0 saturated heterocycles. The van der Waals surface area contributed by atoms with Gasteiger partial charge in [0.2, 0.25) is 5.91 Å². The number of ether oxygens (including phenoxy) is 1. The lowest BCUT2D eigenvalue weighted by molar-refractivity contribution is -0.127. The predicted octanol–water partition coefficient (Wildman–Crippen LogP) is 3.70. The van der Waals surface area contributed by atoms with Crippen LogP contribution in [0.5, 0.6) is 5.75 Å². The molecule has 0 aliphatic carbocycles. The summed E-state index contributed by atoms with van der Waals surface area (Å²) in [5, 5.41) is 1.33. The maximum Gasteiger partial charge on any atom is 0.241 e. The molecule has 0 spiro atoms. The van der Waals surface area contributed by atoms with Gasteiger partial charge in [-0.1, -0.05) is 42.8 Å². The van der Waals surface area contributed by atoms with Crippen LogP contribution in [0.25, 0.3) is 0 Å². The van der Waals surface area contributed by atoms with Crippen molar-refractivity contribution in [3.8, 4) is 5.75 Å². The quantitative estimate of drug-likeness (QED) is 0.281. The molecule has 1 heterocycles. The number of carbonyl (C=O) groups excluding carboxylic acids is 1. The van der Waals surface area contributed by atoms with E-state index in [1.54, 1.807) is 6.92 Å². The minimum Gasteiger partial charge on any atom is -0.486 e. The smallest absolute Gasteiger partial charge is 0.241 e. The molecule has 2 rings (SSSR count). The highest BCUT2D eigenvalue weighted by Gasteiger charge is 2.31. The summed E-state index contributed by atoms with van der Waals surface area (Å²) in [6.07, 6.45) is 2.11. The van der Waals surface area contributed by atoms with Crippen molar-refractivity contribution in [1.29, 1.82) is 0 Å². The van der Waals surface area contributed by atoms with Crippen molar-refractivity contribution in [3.63, 3.8) is 0 Å². The van der Waals surface area contributed by atoms with Crippen molar-refractivity contribution in [2.75, 3.05) is 13.2 Å². The number of amidine groups is 1. The van der Waals surface area contributed by atoms with E-state index in [2.05, 4.69) is 11.6 Å². The lowest BCUT2D eigenvalue weighted by Gasteiger charge is -2.20. The summed E-state index contributed by atoms with van der Waals surface area (Å²) < 4.78 is 19.7. The standard InChI is InChI=1S/C16H18Cl2FN3O2/c1-3-5-24-16-11(19)7-10(17)15(18)14(16)9-6-12(21-8-9)22(20)13(23)4-2/h3,7,9H,1,4-6,8,20H2,2H3. The number of nitrogens with two attached hydrogens (primary N) is 1. The number of hydrogen-bond acceptors (Lipinski definition) is 4. The van der Waals surface area contributed by atoms with Gasteiger partial charge in [-0.3, -0.25) is 9.79 Å². The molecule has 5 nitrogen and oxygen atoms in total. The van der Waals surface area contributed by atoms with E-state index in [1.165, 1.54) is 6.08 Å². The summed E-state index contributed by atoms with van der Waals surface area (Å²) in [5.41, 5.74) is 0.430. The summed E-state index contributed by atoms with van der Waals surface area (Å²) in [4.78, 5) is 16.0. The first-order valence-electron chi connectivity index (χ1n) is 7.42. The van der Waals surface area contributed by atoms with Gasteiger partial charge in [-0.25, -0.2) is 15.2 Å². The Kier molecular flexibility index (Phi) is 6.21. The number of carbonyl (C=O) groups is 1. The number of aliphatic imine (C=N–C) groups is 1. The van der Waals surface area contributed by atoms with E-state index in [4.69, 9.17) is 33.8 Å². The number of rotatable bonds is 5. The molecule has 1 aliphatic rings. The predicted molar refractivity (Wildman–Crippen MR) is 93.1 cm³/mol. The van der Waals surface area contributed by atoms with Crippen LogP contribution >= 0.6 is 23.2 Å². The van der Waals surface area contributed by atoms with Gasteiger partial charge in [-0.2, -0.15) is 0 Å². The van der Waals surface area contributed by atoms with Crippen LogP contribution in [-0.2, 0) is 4.79 Å². The second kappa shape index (κ2) is 7.96. The van der Waals surface area contributed by atoms with E-state index in [9.17, 15) is 9.18 Å². The first-order chi connectivity index (χ1) is 11.4. The van der Waals surface area contributed by atoms with Crippen LogP contribution in [0.4, 0.5) is 4.39 Å². The molecule has 1 aromatic rings. The molecule has 130 valence electrons. The maximum absolute atomic E-state index is 14.3. The van der Waals surface area contributed by atoms with E-state index in [1.807, 2.05) is 0 Å². The minimum atomic E-state index is -0.607. The third kappa shape index (κ3) is 3.71. The number of amides is 1. The van der Waals surface area contributed by atoms with Crippen molar-refractivity contribution in [2.24, 2.45) is 10.8 Å². The van der Waals surface area contributed by atoms with Crippen molar-refractivity contribution in [2.45, 2.75) is 25.7 Å². The average Bonchev–Trinajstić information content (AvgIpc) is 3.04. The number of hydrazine groups is 1. The number of hydrogen-bond donors (Lipinski definition) is 1. The van der Waals surface area contributed by atoms with Gasteiger partial charge in [0.25, 0.3) is 0 Å².